The van der Waals surface area contributed by atoms with Crippen molar-refractivity contribution in [1.29, 1.82) is 0 Å². The third-order valence-electron chi connectivity index (χ3n) is 5.06. The van der Waals surface area contributed by atoms with Crippen LogP contribution in [0.15, 0.2) is 18.2 Å². The summed E-state index contributed by atoms with van der Waals surface area (Å²) in [6, 6.07) is 4.85. The van der Waals surface area contributed by atoms with Crippen LogP contribution in [0.5, 0.6) is 0 Å². The van der Waals surface area contributed by atoms with Gasteiger partial charge in [0.05, 0.1) is 11.1 Å². The Morgan fingerprint density at radius 1 is 1.39 bits per heavy atom. The van der Waals surface area contributed by atoms with Crippen LogP contribution < -0.4 is 0 Å². The van der Waals surface area contributed by atoms with E-state index in [0.29, 0.717) is 37.4 Å². The van der Waals surface area contributed by atoms with E-state index in [2.05, 4.69) is 0 Å². The van der Waals surface area contributed by atoms with E-state index in [1.807, 2.05) is 4.90 Å². The molecule has 0 unspecified atom stereocenters. The smallest absolute Gasteiger partial charge is 0.313 e. The molecule has 1 aliphatic carbocycles. The van der Waals surface area contributed by atoms with E-state index < -0.39 is 23.3 Å². The number of aliphatic hydroxyl groups excluding tert-OH is 1. The van der Waals surface area contributed by atoms with Gasteiger partial charge in [0.1, 0.15) is 11.2 Å². The summed E-state index contributed by atoms with van der Waals surface area (Å²) >= 11 is 5.81. The molecule has 0 spiro atoms. The van der Waals surface area contributed by atoms with Crippen LogP contribution in [0.1, 0.15) is 31.2 Å². The number of piperidine rings is 1. The average molecular weight is 342 g/mol. The van der Waals surface area contributed by atoms with Crippen LogP contribution in [0.4, 0.5) is 4.39 Å². The Morgan fingerprint density at radius 2 is 2.13 bits per heavy atom. The second kappa shape index (κ2) is 6.38. The quantitative estimate of drug-likeness (QED) is 0.864. The first kappa shape index (κ1) is 16.7. The van der Waals surface area contributed by atoms with E-state index in [0.717, 1.165) is 12.8 Å². The molecule has 1 heterocycles. The number of nitrogens with zero attached hydrogens (tertiary/aromatic N) is 1. The van der Waals surface area contributed by atoms with Crippen molar-refractivity contribution in [2.75, 3.05) is 13.1 Å². The van der Waals surface area contributed by atoms with Gasteiger partial charge in [0.15, 0.2) is 0 Å². The van der Waals surface area contributed by atoms with E-state index >= 15 is 0 Å². The Balaban J connectivity index is 1.78. The van der Waals surface area contributed by atoms with E-state index in [-0.39, 0.29) is 11.6 Å². The Kier molecular flexibility index (Phi) is 4.63. The molecule has 1 saturated heterocycles. The number of halogens is 2. The molecular weight excluding hydrogens is 321 g/mol. The van der Waals surface area contributed by atoms with Crippen LogP contribution in [0.2, 0.25) is 5.02 Å². The lowest BCUT2D eigenvalue weighted by molar-refractivity contribution is -0.165. The molecular formula is C17H21ClFNO3. The summed E-state index contributed by atoms with van der Waals surface area (Å²) in [5.41, 5.74) is -0.686. The molecule has 2 aliphatic rings. The van der Waals surface area contributed by atoms with Crippen molar-refractivity contribution < 1.29 is 19.4 Å². The summed E-state index contributed by atoms with van der Waals surface area (Å²) < 4.78 is 14.1. The summed E-state index contributed by atoms with van der Waals surface area (Å²) in [6.45, 7) is 1.09. The van der Waals surface area contributed by atoms with E-state index in [1.165, 1.54) is 6.07 Å². The molecule has 126 valence electrons. The second-order valence-electron chi connectivity index (χ2n) is 6.84. The zero-order chi connectivity index (χ0) is 16.6. The molecule has 2 atom stereocenters. The molecule has 1 aromatic carbocycles. The monoisotopic (exact) mass is 341 g/mol. The van der Waals surface area contributed by atoms with Gasteiger partial charge in [-0.25, -0.2) is 4.39 Å². The summed E-state index contributed by atoms with van der Waals surface area (Å²) in [5, 5.41) is 20.2. The zero-order valence-electron chi connectivity index (χ0n) is 12.8. The fourth-order valence-corrected chi connectivity index (χ4v) is 3.74. The number of hydrogen-bond donors (Lipinski definition) is 2. The number of carboxylic acid groups (broad SMARTS) is 1. The fraction of sp³-hybridized carbons (Fsp3) is 0.588. The molecule has 2 N–H and O–H groups in total. The minimum atomic E-state index is -1.14. The first-order valence-corrected chi connectivity index (χ1v) is 8.37. The van der Waals surface area contributed by atoms with E-state index in [9.17, 15) is 19.4 Å². The lowest BCUT2D eigenvalue weighted by atomic mass is 9.73. The fourth-order valence-electron chi connectivity index (χ4n) is 3.55. The zero-order valence-corrected chi connectivity index (χ0v) is 13.6. The number of carbonyl (C=O) groups is 1. The molecule has 23 heavy (non-hydrogen) atoms. The van der Waals surface area contributed by atoms with Gasteiger partial charge in [0.25, 0.3) is 0 Å². The number of carboxylic acids is 1. The van der Waals surface area contributed by atoms with Gasteiger partial charge < -0.3 is 10.2 Å². The van der Waals surface area contributed by atoms with Crippen LogP contribution in [-0.2, 0) is 11.3 Å². The van der Waals surface area contributed by atoms with Gasteiger partial charge in [0.2, 0.25) is 0 Å². The number of rotatable bonds is 5. The Bertz CT molecular complexity index is 608. The first-order chi connectivity index (χ1) is 10.9. The number of aliphatic hydroxyl groups is 1. The SMILES string of the molecule is O=C(O)[C@]1(CC2CC2)CN(Cc2cccc(Cl)c2F)CC[C@H]1O. The average Bonchev–Trinajstić information content (AvgIpc) is 3.31. The van der Waals surface area contributed by atoms with Crippen molar-refractivity contribution in [2.24, 2.45) is 11.3 Å². The predicted molar refractivity (Wildman–Crippen MR) is 84.7 cm³/mol. The minimum Gasteiger partial charge on any atom is -0.481 e. The van der Waals surface area contributed by atoms with Crippen LogP contribution in [-0.4, -0.2) is 40.3 Å². The highest BCUT2D eigenvalue weighted by atomic mass is 35.5. The third-order valence-corrected chi connectivity index (χ3v) is 5.36. The normalized spacial score (nSPS) is 28.7. The van der Waals surface area contributed by atoms with Crippen molar-refractivity contribution in [3.05, 3.63) is 34.6 Å². The van der Waals surface area contributed by atoms with Gasteiger partial charge in [-0.05, 0) is 24.8 Å². The summed E-state index contributed by atoms with van der Waals surface area (Å²) in [6.07, 6.45) is 2.11. The van der Waals surface area contributed by atoms with Gasteiger partial charge in [-0.2, -0.15) is 0 Å². The summed E-state index contributed by atoms with van der Waals surface area (Å²) in [5.74, 6) is -1.01. The van der Waals surface area contributed by atoms with Crippen LogP contribution in [0, 0.1) is 17.2 Å². The number of benzene rings is 1. The van der Waals surface area contributed by atoms with Gasteiger partial charge in [-0.15, -0.1) is 0 Å². The molecule has 1 saturated carbocycles. The standard InChI is InChI=1S/C17H21ClFNO3/c18-13-3-1-2-12(15(13)19)9-20-7-6-14(21)17(10-20,16(22)23)8-11-4-5-11/h1-3,11,14,21H,4-10H2,(H,22,23)/t14-,17-/m1/s1. The topological polar surface area (TPSA) is 60.8 Å². The Hall–Kier alpha value is -1.17. The highest BCUT2D eigenvalue weighted by Gasteiger charge is 2.51. The van der Waals surface area contributed by atoms with Gasteiger partial charge in [-0.3, -0.25) is 9.69 Å². The molecule has 0 amide bonds. The van der Waals surface area contributed by atoms with Gasteiger partial charge >= 0.3 is 5.97 Å². The number of hydrogen-bond acceptors (Lipinski definition) is 3. The van der Waals surface area contributed by atoms with E-state index in [1.54, 1.807) is 12.1 Å². The molecule has 3 rings (SSSR count). The molecule has 4 nitrogen and oxygen atoms in total. The van der Waals surface area contributed by atoms with Crippen LogP contribution >= 0.6 is 11.6 Å². The highest BCUT2D eigenvalue weighted by Crippen LogP contribution is 2.45. The molecule has 0 radical (unpaired) electrons. The molecule has 0 aromatic heterocycles. The lowest BCUT2D eigenvalue weighted by Crippen LogP contribution is -2.56. The van der Waals surface area contributed by atoms with Crippen molar-refractivity contribution in [3.8, 4) is 0 Å². The predicted octanol–water partition coefficient (Wildman–Crippen LogP) is 2.92. The second-order valence-corrected chi connectivity index (χ2v) is 7.24. The van der Waals surface area contributed by atoms with Crippen LogP contribution in [0.3, 0.4) is 0 Å². The maximum Gasteiger partial charge on any atom is 0.313 e. The first-order valence-electron chi connectivity index (χ1n) is 7.99. The van der Waals surface area contributed by atoms with Crippen LogP contribution in [0.25, 0.3) is 0 Å². The molecule has 1 aromatic rings. The maximum atomic E-state index is 14.1. The van der Waals surface area contributed by atoms with Crippen molar-refractivity contribution in [1.82, 2.24) is 4.90 Å². The molecule has 6 heteroatoms. The maximum absolute atomic E-state index is 14.1. The van der Waals surface area contributed by atoms with Gasteiger partial charge in [0, 0.05) is 25.2 Å². The summed E-state index contributed by atoms with van der Waals surface area (Å²) in [4.78, 5) is 13.8. The van der Waals surface area contributed by atoms with Crippen molar-refractivity contribution in [3.63, 3.8) is 0 Å². The van der Waals surface area contributed by atoms with E-state index in [4.69, 9.17) is 11.6 Å². The van der Waals surface area contributed by atoms with Crippen molar-refractivity contribution in [2.45, 2.75) is 38.3 Å². The molecule has 1 aliphatic heterocycles. The Morgan fingerprint density at radius 3 is 2.78 bits per heavy atom. The largest absolute Gasteiger partial charge is 0.481 e. The van der Waals surface area contributed by atoms with Gasteiger partial charge in [-0.1, -0.05) is 36.6 Å². The van der Waals surface area contributed by atoms with Crippen molar-refractivity contribution >= 4 is 17.6 Å². The number of aliphatic carboxylic acids is 1. The highest BCUT2D eigenvalue weighted by molar-refractivity contribution is 6.30. The molecule has 0 bridgehead atoms. The Labute approximate surface area is 139 Å². The third kappa shape index (κ3) is 3.37. The minimum absolute atomic E-state index is 0.0713. The lowest BCUT2D eigenvalue weighted by Gasteiger charge is -2.43. The molecule has 2 fully saturated rings. The number of likely N-dealkylation sites (tertiary alicyclic amines) is 1. The summed E-state index contributed by atoms with van der Waals surface area (Å²) in [7, 11) is 0.